The van der Waals surface area contributed by atoms with Crippen molar-refractivity contribution in [2.45, 2.75) is 32.1 Å². The van der Waals surface area contributed by atoms with Crippen LogP contribution >= 0.6 is 13.5 Å². The van der Waals surface area contributed by atoms with Crippen molar-refractivity contribution in [3.05, 3.63) is 78.0 Å². The van der Waals surface area contributed by atoms with Crippen molar-refractivity contribution in [3.8, 4) is 11.3 Å². The fourth-order valence-electron chi connectivity index (χ4n) is 5.17. The van der Waals surface area contributed by atoms with Gasteiger partial charge in [0.2, 0.25) is 0 Å². The van der Waals surface area contributed by atoms with Crippen LogP contribution in [0.3, 0.4) is 0 Å². The van der Waals surface area contributed by atoms with Crippen molar-refractivity contribution in [3.63, 3.8) is 0 Å². The molecule has 1 aromatic carbocycles. The maximum Gasteiger partial charge on any atom is 0.251 e. The molecule has 1 atom stereocenters. The molecule has 0 saturated carbocycles. The summed E-state index contributed by atoms with van der Waals surface area (Å²) in [5.41, 5.74) is 5.53. The van der Waals surface area contributed by atoms with Crippen LogP contribution in [0.1, 0.15) is 47.3 Å². The van der Waals surface area contributed by atoms with Crippen LogP contribution in [0.15, 0.2) is 61.2 Å². The Balaban J connectivity index is 0.00000353. The number of para-hydroxylation sites is 1. The first-order valence-electron chi connectivity index (χ1n) is 13.3. The third-order valence-electron chi connectivity index (χ3n) is 7.52. The van der Waals surface area contributed by atoms with Crippen LogP contribution in [-0.2, 0) is 6.42 Å². The van der Waals surface area contributed by atoms with Crippen LogP contribution in [-0.4, -0.2) is 64.5 Å². The molecule has 1 aliphatic heterocycles. The molecule has 1 saturated heterocycles. The van der Waals surface area contributed by atoms with Crippen molar-refractivity contribution in [2.24, 2.45) is 5.92 Å². The third kappa shape index (κ3) is 6.72. The van der Waals surface area contributed by atoms with E-state index in [1.54, 1.807) is 25.6 Å². The quantitative estimate of drug-likeness (QED) is 0.334. The number of anilines is 1. The Kier molecular flexibility index (Phi) is 9.48. The van der Waals surface area contributed by atoms with Crippen LogP contribution in [0, 0.1) is 5.92 Å². The van der Waals surface area contributed by atoms with Crippen molar-refractivity contribution < 1.29 is 4.79 Å². The summed E-state index contributed by atoms with van der Waals surface area (Å²) < 4.78 is 0. The van der Waals surface area contributed by atoms with Gasteiger partial charge in [-0.1, -0.05) is 25.1 Å². The lowest BCUT2D eigenvalue weighted by molar-refractivity contribution is 0.0964. The molecule has 0 spiro atoms. The van der Waals surface area contributed by atoms with E-state index in [4.69, 9.17) is 4.98 Å². The summed E-state index contributed by atoms with van der Waals surface area (Å²) in [5, 5.41) is 7.02. The molecule has 4 heterocycles. The molecule has 0 aliphatic carbocycles. The number of carbonyl (C=O) groups is 1. The number of pyridine rings is 2. The Morgan fingerprint density at radius 3 is 2.64 bits per heavy atom. The summed E-state index contributed by atoms with van der Waals surface area (Å²) >= 11 is 0. The largest absolute Gasteiger partial charge is 0.369 e. The van der Waals surface area contributed by atoms with Gasteiger partial charge in [0, 0.05) is 54.6 Å². The van der Waals surface area contributed by atoms with Gasteiger partial charge in [-0.3, -0.25) is 14.8 Å². The molecule has 1 fully saturated rings. The molecule has 2 N–H and O–H groups in total. The average Bonchev–Trinajstić information content (AvgIpc) is 2.96. The van der Waals surface area contributed by atoms with E-state index in [9.17, 15) is 4.79 Å². The smallest absolute Gasteiger partial charge is 0.251 e. The van der Waals surface area contributed by atoms with Crippen molar-refractivity contribution in [2.75, 3.05) is 39.0 Å². The summed E-state index contributed by atoms with van der Waals surface area (Å²) in [4.78, 5) is 33.0. The van der Waals surface area contributed by atoms with Gasteiger partial charge in [-0.05, 0) is 69.1 Å². The van der Waals surface area contributed by atoms with Crippen molar-refractivity contribution in [1.29, 1.82) is 0 Å². The molecule has 4 aromatic rings. The number of likely N-dealkylation sites (tertiary alicyclic amines) is 1. The predicted molar refractivity (Wildman–Crippen MR) is 162 cm³/mol. The number of rotatable bonds is 8. The van der Waals surface area contributed by atoms with E-state index in [1.165, 1.54) is 25.9 Å². The molecule has 0 radical (unpaired) electrons. The highest BCUT2D eigenvalue weighted by atomic mass is 32.1. The van der Waals surface area contributed by atoms with Gasteiger partial charge in [0.25, 0.3) is 5.91 Å². The van der Waals surface area contributed by atoms with Crippen LogP contribution in [0.25, 0.3) is 22.2 Å². The second-order valence-corrected chi connectivity index (χ2v) is 10.2. The van der Waals surface area contributed by atoms with Crippen molar-refractivity contribution in [1.82, 2.24) is 30.2 Å². The highest BCUT2D eigenvalue weighted by Crippen LogP contribution is 2.27. The summed E-state index contributed by atoms with van der Waals surface area (Å²) in [6.07, 6.45) is 8.72. The second-order valence-electron chi connectivity index (χ2n) is 10.2. The fraction of sp³-hybridized carbons (Fsp3) is 0.367. The van der Waals surface area contributed by atoms with Gasteiger partial charge in [-0.15, -0.1) is 0 Å². The number of piperidine rings is 1. The zero-order valence-electron chi connectivity index (χ0n) is 22.8. The van der Waals surface area contributed by atoms with Crippen LogP contribution in [0.4, 0.5) is 5.82 Å². The van der Waals surface area contributed by atoms with E-state index in [2.05, 4.69) is 62.7 Å². The Bertz CT molecular complexity index is 1400. The third-order valence-corrected chi connectivity index (χ3v) is 7.52. The lowest BCUT2D eigenvalue weighted by atomic mass is 9.92. The highest BCUT2D eigenvalue weighted by molar-refractivity contribution is 7.59. The molecule has 1 aliphatic rings. The number of nitrogens with zero attached hydrogens (tertiary/aromatic N) is 5. The molecule has 1 amide bonds. The number of nitrogens with one attached hydrogen (secondary N) is 2. The summed E-state index contributed by atoms with van der Waals surface area (Å²) in [6.45, 7) is 5.15. The Morgan fingerprint density at radius 2 is 1.90 bits per heavy atom. The molecular weight excluding hydrogens is 506 g/mol. The van der Waals surface area contributed by atoms with Gasteiger partial charge in [0.1, 0.15) is 12.1 Å². The summed E-state index contributed by atoms with van der Waals surface area (Å²) in [5.74, 6) is 1.51. The molecule has 3 aromatic heterocycles. The maximum atomic E-state index is 12.3. The molecular formula is C30H37N7OS. The molecule has 9 heteroatoms. The lowest BCUT2D eigenvalue weighted by Crippen LogP contribution is -2.31. The Hall–Kier alpha value is -3.56. The predicted octanol–water partition coefficient (Wildman–Crippen LogP) is 4.66. The van der Waals surface area contributed by atoms with Crippen molar-refractivity contribution >= 4 is 36.1 Å². The van der Waals surface area contributed by atoms with Crippen LogP contribution in [0.2, 0.25) is 0 Å². The van der Waals surface area contributed by atoms with Crippen LogP contribution < -0.4 is 10.6 Å². The number of benzene rings is 1. The number of hydrogen-bond acceptors (Lipinski definition) is 7. The minimum absolute atomic E-state index is 0. The first kappa shape index (κ1) is 28.4. The monoisotopic (exact) mass is 543 g/mol. The van der Waals surface area contributed by atoms with Gasteiger partial charge in [0.15, 0.2) is 0 Å². The number of carbonyl (C=O) groups excluding carboxylic acids is 1. The molecule has 0 unspecified atom stereocenters. The van der Waals surface area contributed by atoms with E-state index in [0.717, 1.165) is 45.7 Å². The van der Waals surface area contributed by atoms with E-state index < -0.39 is 0 Å². The molecule has 8 nitrogen and oxygen atoms in total. The Morgan fingerprint density at radius 1 is 1.08 bits per heavy atom. The van der Waals surface area contributed by atoms with Gasteiger partial charge < -0.3 is 15.5 Å². The standard InChI is InChI=1S/C30H35N7O.H2S/c1-20(24-5-4-6-25-26(30(38)31-2)9-12-32-29(24)25)17-34-28-16-27(35-19-36-28)22-7-8-23(33-18-22)15-21-10-13-37(3)14-11-21;/h4-9,12,16,18-21H,10-11,13-15,17H2,1-3H3,(H,31,38)(H,34,35,36);1H2/t20-;/m1./s1. The van der Waals surface area contributed by atoms with Crippen LogP contribution in [0.5, 0.6) is 0 Å². The SMILES string of the molecule is CNC(=O)c1ccnc2c([C@H](C)CNc3cc(-c4ccc(CC5CCN(C)CC5)nc4)ncn3)cccc12.S. The minimum atomic E-state index is -0.113. The van der Waals surface area contributed by atoms with Gasteiger partial charge in [-0.25, -0.2) is 9.97 Å². The first-order chi connectivity index (χ1) is 18.5. The second kappa shape index (κ2) is 13.0. The van der Waals surface area contributed by atoms with Gasteiger partial charge in [-0.2, -0.15) is 13.5 Å². The molecule has 39 heavy (non-hydrogen) atoms. The average molecular weight is 544 g/mol. The minimum Gasteiger partial charge on any atom is -0.369 e. The lowest BCUT2D eigenvalue weighted by Gasteiger charge is -2.28. The number of fused-ring (bicyclic) bond motifs is 1. The summed E-state index contributed by atoms with van der Waals surface area (Å²) in [6, 6.07) is 14.0. The maximum absolute atomic E-state index is 12.3. The Labute approximate surface area is 237 Å². The molecule has 0 bridgehead atoms. The topological polar surface area (TPSA) is 95.9 Å². The fourth-order valence-corrected chi connectivity index (χ4v) is 5.17. The highest BCUT2D eigenvalue weighted by Gasteiger charge is 2.18. The summed E-state index contributed by atoms with van der Waals surface area (Å²) in [7, 11) is 3.83. The van der Waals surface area contributed by atoms with Gasteiger partial charge >= 0.3 is 0 Å². The number of aromatic nitrogens is 4. The molecule has 204 valence electrons. The number of amides is 1. The first-order valence-corrected chi connectivity index (χ1v) is 13.3. The van der Waals surface area contributed by atoms with E-state index >= 15 is 0 Å². The zero-order valence-corrected chi connectivity index (χ0v) is 23.8. The van der Waals surface area contributed by atoms with E-state index in [1.807, 2.05) is 24.4 Å². The van der Waals surface area contributed by atoms with E-state index in [0.29, 0.717) is 18.0 Å². The number of hydrogen-bond donors (Lipinski definition) is 2. The normalized spacial score (nSPS) is 14.9. The zero-order chi connectivity index (χ0) is 26.5. The van der Waals surface area contributed by atoms with E-state index in [-0.39, 0.29) is 25.3 Å². The van der Waals surface area contributed by atoms with Gasteiger partial charge in [0.05, 0.1) is 16.8 Å². The molecule has 5 rings (SSSR count).